The third kappa shape index (κ3) is 5.03. The minimum absolute atomic E-state index is 0.101. The molecular formula is C27H24Cl2N6O2. The smallest absolute Gasteiger partial charge is 0.348 e. The lowest BCUT2D eigenvalue weighted by molar-refractivity contribution is -0.120. The third-order valence-corrected chi connectivity index (χ3v) is 6.89. The van der Waals surface area contributed by atoms with E-state index in [-0.39, 0.29) is 18.4 Å². The number of nitrogens with two attached hydrogens (primary N) is 1. The molecule has 2 N–H and O–H groups in total. The van der Waals surface area contributed by atoms with Crippen molar-refractivity contribution < 1.29 is 4.79 Å². The number of amides is 1. The highest BCUT2D eigenvalue weighted by Gasteiger charge is 2.34. The first-order valence-electron chi connectivity index (χ1n) is 11.7. The van der Waals surface area contributed by atoms with Gasteiger partial charge in [0.25, 0.3) is 0 Å². The van der Waals surface area contributed by atoms with Crippen LogP contribution in [0.2, 0.25) is 10.0 Å². The van der Waals surface area contributed by atoms with Gasteiger partial charge in [-0.3, -0.25) is 4.79 Å². The Hall–Kier alpha value is -3.88. The first kappa shape index (κ1) is 24.8. The maximum Gasteiger partial charge on any atom is 0.348 e. The number of halogens is 2. The molecule has 188 valence electrons. The van der Waals surface area contributed by atoms with Crippen molar-refractivity contribution in [1.29, 1.82) is 0 Å². The van der Waals surface area contributed by atoms with Crippen molar-refractivity contribution in [3.05, 3.63) is 116 Å². The molecule has 0 saturated carbocycles. The Labute approximate surface area is 223 Å². The molecule has 3 aromatic carbocycles. The van der Waals surface area contributed by atoms with Crippen molar-refractivity contribution in [2.75, 3.05) is 11.6 Å². The lowest BCUT2D eigenvalue weighted by atomic mass is 9.91. The second-order valence-corrected chi connectivity index (χ2v) is 9.73. The van der Waals surface area contributed by atoms with Crippen molar-refractivity contribution in [3.8, 4) is 0 Å². The van der Waals surface area contributed by atoms with Crippen molar-refractivity contribution in [1.82, 2.24) is 14.3 Å². The minimum Gasteiger partial charge on any atom is -0.368 e. The number of aromatic nitrogens is 3. The molecule has 0 bridgehead atoms. The number of primary amides is 1. The summed E-state index contributed by atoms with van der Waals surface area (Å²) in [5.74, 6) is -0.499. The fourth-order valence-corrected chi connectivity index (χ4v) is 4.62. The van der Waals surface area contributed by atoms with E-state index in [1.54, 1.807) is 24.1 Å². The average Bonchev–Trinajstić information content (AvgIpc) is 3.48. The van der Waals surface area contributed by atoms with E-state index >= 15 is 0 Å². The van der Waals surface area contributed by atoms with Gasteiger partial charge >= 0.3 is 5.69 Å². The van der Waals surface area contributed by atoms with Gasteiger partial charge in [0.1, 0.15) is 6.04 Å². The van der Waals surface area contributed by atoms with Crippen molar-refractivity contribution in [2.45, 2.75) is 25.4 Å². The topological polar surface area (TPSA) is 98.5 Å². The van der Waals surface area contributed by atoms with E-state index in [1.165, 1.54) is 9.25 Å². The summed E-state index contributed by atoms with van der Waals surface area (Å²) in [5.41, 5.74) is 8.77. The van der Waals surface area contributed by atoms with Crippen LogP contribution in [0.4, 0.5) is 5.95 Å². The standard InChI is InChI=1S/C27H24Cl2N6O2/c1-17(25(30)36)35-26(32-34(27(35)37)15-18-7-11-21(28)12-8-18)33-16-23(19-5-3-2-4-6-19)24(31-33)20-9-13-22(29)14-10-20/h2-14,17,23H,15-16H2,1H3,(H2,30,36)/t17-,23+/m0/s1. The molecule has 0 unspecified atom stereocenters. The van der Waals surface area contributed by atoms with Crippen LogP contribution in [-0.4, -0.2) is 32.5 Å². The number of carbonyl (C=O) groups excluding carboxylic acids is 1. The van der Waals surface area contributed by atoms with E-state index in [2.05, 4.69) is 5.10 Å². The van der Waals surface area contributed by atoms with Crippen molar-refractivity contribution >= 4 is 40.8 Å². The number of hydrogen-bond acceptors (Lipinski definition) is 5. The molecule has 1 aliphatic rings. The van der Waals surface area contributed by atoms with Crippen LogP contribution in [0.1, 0.15) is 35.6 Å². The van der Waals surface area contributed by atoms with Gasteiger partial charge in [0.2, 0.25) is 11.9 Å². The molecule has 8 nitrogen and oxygen atoms in total. The Bertz CT molecular complexity index is 1510. The summed E-state index contributed by atoms with van der Waals surface area (Å²) in [4.78, 5) is 25.6. The normalized spacial score (nSPS) is 16.0. The highest BCUT2D eigenvalue weighted by Crippen LogP contribution is 2.32. The van der Waals surface area contributed by atoms with Crippen LogP contribution >= 0.6 is 23.2 Å². The molecule has 10 heteroatoms. The van der Waals surface area contributed by atoms with Crippen LogP contribution in [0, 0.1) is 0 Å². The van der Waals surface area contributed by atoms with Crippen LogP contribution in [0.15, 0.2) is 88.8 Å². The van der Waals surface area contributed by atoms with Gasteiger partial charge in [-0.15, -0.1) is 5.10 Å². The number of benzene rings is 3. The summed E-state index contributed by atoms with van der Waals surface area (Å²) < 4.78 is 2.61. The fourth-order valence-electron chi connectivity index (χ4n) is 4.37. The van der Waals surface area contributed by atoms with Gasteiger partial charge in [0, 0.05) is 16.0 Å². The second-order valence-electron chi connectivity index (χ2n) is 8.85. The summed E-state index contributed by atoms with van der Waals surface area (Å²) in [6.45, 7) is 2.20. The van der Waals surface area contributed by atoms with Gasteiger partial charge in [-0.05, 0) is 47.9 Å². The lowest BCUT2D eigenvalue weighted by Crippen LogP contribution is -2.35. The summed E-state index contributed by atoms with van der Waals surface area (Å²) in [7, 11) is 0. The van der Waals surface area contributed by atoms with E-state index in [0.29, 0.717) is 16.6 Å². The molecule has 0 saturated heterocycles. The molecule has 1 aromatic heterocycles. The first-order chi connectivity index (χ1) is 17.8. The lowest BCUT2D eigenvalue weighted by Gasteiger charge is -2.18. The number of rotatable bonds is 7. The Balaban J connectivity index is 1.60. The first-order valence-corrected chi connectivity index (χ1v) is 12.5. The quantitative estimate of drug-likeness (QED) is 0.378. The molecule has 37 heavy (non-hydrogen) atoms. The van der Waals surface area contributed by atoms with Gasteiger partial charge in [-0.1, -0.05) is 77.8 Å². The molecule has 0 aliphatic carbocycles. The Kier molecular flexibility index (Phi) is 6.86. The zero-order chi connectivity index (χ0) is 26.1. The SMILES string of the molecule is C[C@@H](C(N)=O)n1c(N2C[C@H](c3ccccc3)C(c3ccc(Cl)cc3)=N2)nn(Cc2ccc(Cl)cc2)c1=O. The zero-order valence-electron chi connectivity index (χ0n) is 20.0. The third-order valence-electron chi connectivity index (χ3n) is 6.38. The zero-order valence-corrected chi connectivity index (χ0v) is 21.5. The Morgan fingerprint density at radius 2 is 1.62 bits per heavy atom. The Morgan fingerprint density at radius 1 is 1.00 bits per heavy atom. The molecule has 5 rings (SSSR count). The van der Waals surface area contributed by atoms with Crippen LogP contribution in [-0.2, 0) is 11.3 Å². The van der Waals surface area contributed by atoms with Crippen LogP contribution < -0.4 is 16.4 Å². The highest BCUT2D eigenvalue weighted by atomic mass is 35.5. The second kappa shape index (κ2) is 10.2. The molecule has 2 heterocycles. The predicted molar refractivity (Wildman–Crippen MR) is 145 cm³/mol. The van der Waals surface area contributed by atoms with Crippen LogP contribution in [0.5, 0.6) is 0 Å². The maximum atomic E-state index is 13.4. The molecule has 4 aromatic rings. The molecule has 0 radical (unpaired) electrons. The summed E-state index contributed by atoms with van der Waals surface area (Å²) in [6, 6.07) is 23.7. The van der Waals surface area contributed by atoms with Gasteiger partial charge < -0.3 is 5.73 Å². The van der Waals surface area contributed by atoms with Crippen LogP contribution in [0.3, 0.4) is 0 Å². The van der Waals surface area contributed by atoms with Crippen LogP contribution in [0.25, 0.3) is 0 Å². The minimum atomic E-state index is -0.925. The van der Waals surface area contributed by atoms with E-state index < -0.39 is 17.6 Å². The summed E-state index contributed by atoms with van der Waals surface area (Å²) in [6.07, 6.45) is 0. The molecule has 1 aliphatic heterocycles. The number of carbonyl (C=O) groups is 1. The van der Waals surface area contributed by atoms with E-state index in [1.807, 2.05) is 66.7 Å². The van der Waals surface area contributed by atoms with Crippen molar-refractivity contribution in [3.63, 3.8) is 0 Å². The number of anilines is 1. The predicted octanol–water partition coefficient (Wildman–Crippen LogP) is 4.45. The van der Waals surface area contributed by atoms with Gasteiger partial charge in [-0.25, -0.2) is 19.1 Å². The average molecular weight is 535 g/mol. The van der Waals surface area contributed by atoms with Gasteiger partial charge in [0.05, 0.1) is 18.8 Å². The number of hydrogen-bond donors (Lipinski definition) is 1. The largest absolute Gasteiger partial charge is 0.368 e. The fraction of sp³-hybridized carbons (Fsp3) is 0.185. The Morgan fingerprint density at radius 3 is 2.24 bits per heavy atom. The van der Waals surface area contributed by atoms with Gasteiger partial charge in [0.15, 0.2) is 0 Å². The maximum absolute atomic E-state index is 13.4. The highest BCUT2D eigenvalue weighted by molar-refractivity contribution is 6.31. The van der Waals surface area contributed by atoms with Crippen molar-refractivity contribution in [2.24, 2.45) is 10.8 Å². The molecule has 1 amide bonds. The molecule has 0 fully saturated rings. The molecule has 2 atom stereocenters. The number of hydrazone groups is 1. The summed E-state index contributed by atoms with van der Waals surface area (Å²) in [5, 5.41) is 12.4. The molecular weight excluding hydrogens is 511 g/mol. The summed E-state index contributed by atoms with van der Waals surface area (Å²) >= 11 is 12.1. The van der Waals surface area contributed by atoms with E-state index in [4.69, 9.17) is 34.0 Å². The number of nitrogens with zero attached hydrogens (tertiary/aromatic N) is 5. The van der Waals surface area contributed by atoms with Gasteiger partial charge in [-0.2, -0.15) is 5.10 Å². The van der Waals surface area contributed by atoms with E-state index in [0.717, 1.165) is 22.4 Å². The molecule has 0 spiro atoms. The monoisotopic (exact) mass is 534 g/mol. The van der Waals surface area contributed by atoms with E-state index in [9.17, 15) is 9.59 Å².